The van der Waals surface area contributed by atoms with E-state index in [4.69, 9.17) is 0 Å². The molecule has 0 N–H and O–H groups in total. The van der Waals surface area contributed by atoms with Crippen molar-refractivity contribution in [2.24, 2.45) is 5.92 Å². The number of aliphatic carboxylic acids is 1. The minimum Gasteiger partial charge on any atom is -0.548 e. The molecule has 1 unspecified atom stereocenters. The SMILES string of the molecule is C[N+](C)(C)CCCC1CCN2CC[C@@]12C(=O)[O-]. The molecule has 2 fully saturated rings. The normalized spacial score (nSPS) is 33.2. The Morgan fingerprint density at radius 1 is 1.41 bits per heavy atom. The maximum Gasteiger partial charge on any atom is 0.0780 e. The van der Waals surface area contributed by atoms with Crippen molar-refractivity contribution in [2.75, 3.05) is 40.8 Å². The summed E-state index contributed by atoms with van der Waals surface area (Å²) in [5, 5.41) is 11.4. The van der Waals surface area contributed by atoms with Crippen molar-refractivity contribution in [1.29, 1.82) is 0 Å². The maximum atomic E-state index is 11.4. The molecule has 0 bridgehead atoms. The smallest absolute Gasteiger partial charge is 0.0780 e. The number of fused-ring (bicyclic) bond motifs is 1. The molecule has 2 aliphatic heterocycles. The number of carbonyl (C=O) groups excluding carboxylic acids is 1. The van der Waals surface area contributed by atoms with E-state index in [1.54, 1.807) is 0 Å². The van der Waals surface area contributed by atoms with Crippen molar-refractivity contribution >= 4 is 5.97 Å². The predicted molar refractivity (Wildman–Crippen MR) is 64.2 cm³/mol. The molecule has 0 aromatic heterocycles. The first-order chi connectivity index (χ1) is 7.86. The zero-order valence-corrected chi connectivity index (χ0v) is 11.2. The summed E-state index contributed by atoms with van der Waals surface area (Å²) in [7, 11) is 6.54. The van der Waals surface area contributed by atoms with Crippen LogP contribution in [0.15, 0.2) is 0 Å². The van der Waals surface area contributed by atoms with Gasteiger partial charge in [-0.1, -0.05) is 0 Å². The Hall–Kier alpha value is -0.610. The Morgan fingerprint density at radius 3 is 2.59 bits per heavy atom. The first-order valence-electron chi connectivity index (χ1n) is 6.63. The number of quaternary nitrogens is 1. The van der Waals surface area contributed by atoms with Gasteiger partial charge in [0.25, 0.3) is 0 Å². The molecule has 0 amide bonds. The second-order valence-corrected chi connectivity index (χ2v) is 6.59. The summed E-state index contributed by atoms with van der Waals surface area (Å²) in [5.41, 5.74) is -0.592. The van der Waals surface area contributed by atoms with Crippen LogP contribution < -0.4 is 5.11 Å². The molecular weight excluding hydrogens is 216 g/mol. The molecule has 0 saturated carbocycles. The fraction of sp³-hybridized carbons (Fsp3) is 0.923. The molecule has 2 atom stereocenters. The molecule has 0 radical (unpaired) electrons. The van der Waals surface area contributed by atoms with E-state index >= 15 is 0 Å². The molecule has 0 aliphatic carbocycles. The van der Waals surface area contributed by atoms with Gasteiger partial charge >= 0.3 is 0 Å². The van der Waals surface area contributed by atoms with Gasteiger partial charge in [-0.15, -0.1) is 0 Å². The number of carboxylic acids is 1. The van der Waals surface area contributed by atoms with E-state index in [1.807, 2.05) is 0 Å². The number of nitrogens with zero attached hydrogens (tertiary/aromatic N) is 2. The van der Waals surface area contributed by atoms with Crippen LogP contribution >= 0.6 is 0 Å². The summed E-state index contributed by atoms with van der Waals surface area (Å²) in [6.45, 7) is 3.00. The Kier molecular flexibility index (Phi) is 3.21. The topological polar surface area (TPSA) is 43.4 Å². The van der Waals surface area contributed by atoms with Gasteiger partial charge in [0.05, 0.1) is 39.2 Å². The lowest BCUT2D eigenvalue weighted by molar-refractivity contribution is -0.870. The van der Waals surface area contributed by atoms with E-state index in [9.17, 15) is 9.90 Å². The Labute approximate surface area is 104 Å². The van der Waals surface area contributed by atoms with Gasteiger partial charge in [-0.2, -0.15) is 0 Å². The highest BCUT2D eigenvalue weighted by molar-refractivity contribution is 5.79. The second-order valence-electron chi connectivity index (χ2n) is 6.59. The van der Waals surface area contributed by atoms with Crippen molar-refractivity contribution in [3.63, 3.8) is 0 Å². The largest absolute Gasteiger partial charge is 0.548 e. The molecule has 2 aliphatic rings. The summed E-state index contributed by atoms with van der Waals surface area (Å²) in [6, 6.07) is 0. The molecule has 2 rings (SSSR count). The average Bonchev–Trinajstić information content (AvgIpc) is 2.36. The van der Waals surface area contributed by atoms with Crippen LogP contribution in [-0.4, -0.2) is 61.7 Å². The predicted octanol–water partition coefficient (Wildman–Crippen LogP) is -0.313. The number of hydrogen-bond acceptors (Lipinski definition) is 3. The van der Waals surface area contributed by atoms with E-state index in [0.717, 1.165) is 49.8 Å². The molecule has 2 saturated heterocycles. The van der Waals surface area contributed by atoms with Crippen molar-refractivity contribution < 1.29 is 14.4 Å². The summed E-state index contributed by atoms with van der Waals surface area (Å²) in [5.74, 6) is -0.524. The van der Waals surface area contributed by atoms with Gasteiger partial charge in [0.1, 0.15) is 0 Å². The first kappa shape index (κ1) is 12.8. The average molecular weight is 240 g/mol. The van der Waals surface area contributed by atoms with Crippen LogP contribution in [0.25, 0.3) is 0 Å². The van der Waals surface area contributed by atoms with Gasteiger partial charge in [-0.25, -0.2) is 0 Å². The van der Waals surface area contributed by atoms with Gasteiger partial charge in [-0.3, -0.25) is 4.90 Å². The fourth-order valence-corrected chi connectivity index (χ4v) is 3.43. The zero-order chi connectivity index (χ0) is 12.7. The van der Waals surface area contributed by atoms with E-state index in [1.165, 1.54) is 0 Å². The highest BCUT2D eigenvalue weighted by Crippen LogP contribution is 2.46. The molecule has 0 aromatic carbocycles. The van der Waals surface area contributed by atoms with E-state index in [2.05, 4.69) is 26.0 Å². The minimum absolute atomic E-state index is 0.313. The first-order valence-corrected chi connectivity index (χ1v) is 6.63. The van der Waals surface area contributed by atoms with Crippen LogP contribution in [-0.2, 0) is 4.79 Å². The molecule has 4 heteroatoms. The van der Waals surface area contributed by atoms with Gasteiger partial charge in [-0.05, 0) is 38.1 Å². The summed E-state index contributed by atoms with van der Waals surface area (Å²) in [6.07, 6.45) is 3.96. The summed E-state index contributed by atoms with van der Waals surface area (Å²) < 4.78 is 0.953. The lowest BCUT2D eigenvalue weighted by Crippen LogP contribution is -2.67. The van der Waals surface area contributed by atoms with Crippen molar-refractivity contribution in [3.05, 3.63) is 0 Å². The number of rotatable bonds is 5. The van der Waals surface area contributed by atoms with Crippen LogP contribution in [0.4, 0.5) is 0 Å². The second kappa shape index (κ2) is 4.25. The third kappa shape index (κ3) is 2.20. The Morgan fingerprint density at radius 2 is 2.12 bits per heavy atom. The Balaban J connectivity index is 1.91. The number of carboxylic acid groups (broad SMARTS) is 1. The van der Waals surface area contributed by atoms with Crippen LogP contribution in [0.5, 0.6) is 0 Å². The highest BCUT2D eigenvalue weighted by Gasteiger charge is 2.55. The molecule has 0 aromatic rings. The van der Waals surface area contributed by atoms with Crippen molar-refractivity contribution in [3.8, 4) is 0 Å². The van der Waals surface area contributed by atoms with Gasteiger partial charge in [0.2, 0.25) is 0 Å². The molecular formula is C13H24N2O2. The lowest BCUT2D eigenvalue weighted by atomic mass is 9.75. The van der Waals surface area contributed by atoms with Crippen molar-refractivity contribution in [2.45, 2.75) is 31.2 Å². The van der Waals surface area contributed by atoms with Crippen LogP contribution in [0.2, 0.25) is 0 Å². The van der Waals surface area contributed by atoms with Gasteiger partial charge in [0.15, 0.2) is 0 Å². The quantitative estimate of drug-likeness (QED) is 0.619. The van der Waals surface area contributed by atoms with Crippen LogP contribution in [0, 0.1) is 5.92 Å². The fourth-order valence-electron chi connectivity index (χ4n) is 3.43. The highest BCUT2D eigenvalue weighted by atomic mass is 16.4. The molecule has 0 spiro atoms. The summed E-state index contributed by atoms with van der Waals surface area (Å²) in [4.78, 5) is 13.5. The molecule has 17 heavy (non-hydrogen) atoms. The molecule has 4 nitrogen and oxygen atoms in total. The van der Waals surface area contributed by atoms with Crippen LogP contribution in [0.3, 0.4) is 0 Å². The van der Waals surface area contributed by atoms with Gasteiger partial charge in [0, 0.05) is 6.54 Å². The van der Waals surface area contributed by atoms with Gasteiger partial charge < -0.3 is 14.4 Å². The lowest BCUT2D eigenvalue weighted by Gasteiger charge is -2.52. The van der Waals surface area contributed by atoms with Crippen molar-refractivity contribution in [1.82, 2.24) is 4.90 Å². The minimum atomic E-state index is -0.837. The standard InChI is InChI=1S/C13H24N2O2/c1-15(2,3)10-4-5-11-6-8-14-9-7-13(11,14)12(16)17/h11H,4-10H2,1-3H3/t11?,13-/m0/s1. The third-order valence-electron chi connectivity index (χ3n) is 4.49. The monoisotopic (exact) mass is 240 g/mol. The molecule has 2 heterocycles. The van der Waals surface area contributed by atoms with E-state index < -0.39 is 11.5 Å². The summed E-state index contributed by atoms with van der Waals surface area (Å²) >= 11 is 0. The maximum absolute atomic E-state index is 11.4. The van der Waals surface area contributed by atoms with Crippen LogP contribution in [0.1, 0.15) is 25.7 Å². The van der Waals surface area contributed by atoms with E-state index in [-0.39, 0.29) is 0 Å². The third-order valence-corrected chi connectivity index (χ3v) is 4.49. The number of carbonyl (C=O) groups is 1. The Bertz CT molecular complexity index is 311. The van der Waals surface area contributed by atoms with E-state index in [0.29, 0.717) is 5.92 Å². The zero-order valence-electron chi connectivity index (χ0n) is 11.2. The number of hydrogen-bond donors (Lipinski definition) is 0. The molecule has 98 valence electrons.